The molecule has 0 amide bonds. The molecule has 1 aliphatic heterocycles. The molecule has 1 fully saturated rings. The number of hydrogen-bond acceptors (Lipinski definition) is 7. The summed E-state index contributed by atoms with van der Waals surface area (Å²) >= 11 is 1.27. The zero-order chi connectivity index (χ0) is 21.4. The van der Waals surface area contributed by atoms with Crippen LogP contribution in [0, 0.1) is 17.6 Å². The lowest BCUT2D eigenvalue weighted by Gasteiger charge is -2.36. The van der Waals surface area contributed by atoms with Gasteiger partial charge in [0.05, 0.1) is 23.9 Å². The Kier molecular flexibility index (Phi) is 5.70. The molecular weight excluding hydrogens is 414 g/mol. The van der Waals surface area contributed by atoms with Crippen molar-refractivity contribution in [2.24, 2.45) is 5.92 Å². The van der Waals surface area contributed by atoms with Crippen molar-refractivity contribution >= 4 is 22.3 Å². The number of hydrogen-bond donors (Lipinski definition) is 1. The molecule has 1 aliphatic rings. The highest BCUT2D eigenvalue weighted by Gasteiger charge is 2.34. The number of thiazole rings is 1. The van der Waals surface area contributed by atoms with Crippen LogP contribution in [-0.4, -0.2) is 50.8 Å². The van der Waals surface area contributed by atoms with E-state index in [2.05, 4.69) is 15.0 Å². The molecule has 1 atom stereocenters. The largest absolute Gasteiger partial charge is 0.492 e. The number of piperidine rings is 1. The molecule has 3 heterocycles. The lowest BCUT2D eigenvalue weighted by Crippen LogP contribution is -2.39. The topological polar surface area (TPSA) is 80.0 Å². The van der Waals surface area contributed by atoms with Crippen LogP contribution in [0.5, 0.6) is 5.88 Å². The molecule has 2 aromatic heterocycles. The molecular formula is C20H22F2N4O3S. The number of halogens is 2. The van der Waals surface area contributed by atoms with E-state index in [1.54, 1.807) is 0 Å². The van der Waals surface area contributed by atoms with Crippen molar-refractivity contribution in [2.75, 3.05) is 20.2 Å². The lowest BCUT2D eigenvalue weighted by atomic mass is 9.93. The van der Waals surface area contributed by atoms with Crippen LogP contribution in [0.1, 0.15) is 42.1 Å². The highest BCUT2D eigenvalue weighted by Crippen LogP contribution is 2.41. The normalized spacial score (nSPS) is 16.8. The summed E-state index contributed by atoms with van der Waals surface area (Å²) in [6, 6.07) is 3.24. The minimum Gasteiger partial charge on any atom is -0.492 e. The molecule has 0 saturated carbocycles. The Morgan fingerprint density at radius 1 is 1.33 bits per heavy atom. The molecule has 30 heavy (non-hydrogen) atoms. The van der Waals surface area contributed by atoms with E-state index in [1.165, 1.54) is 29.0 Å². The Hall–Kier alpha value is -2.59. The monoisotopic (exact) mass is 436 g/mol. The lowest BCUT2D eigenvalue weighted by molar-refractivity contribution is -0.147. The van der Waals surface area contributed by atoms with Crippen molar-refractivity contribution in [2.45, 2.75) is 32.2 Å². The first-order valence-corrected chi connectivity index (χ1v) is 10.6. The van der Waals surface area contributed by atoms with Crippen molar-refractivity contribution in [3.05, 3.63) is 46.1 Å². The van der Waals surface area contributed by atoms with Crippen molar-refractivity contribution in [3.63, 3.8) is 0 Å². The standard InChI is InChI=1S/C20H22F2N4O3S/c1-3-15-23-20-26(24-15)18(27)17(30-20)16(12-4-5-13(21)14(22)10-12)25-8-6-11(7-9-25)19(28)29-2/h4-5,10-11,16,27H,3,6-9H2,1-2H3/t16-/m1/s1. The van der Waals surface area contributed by atoms with Crippen LogP contribution in [0.2, 0.25) is 0 Å². The Labute approximate surface area is 175 Å². The number of methoxy groups -OCH3 is 1. The Bertz CT molecular complexity index is 1080. The first-order chi connectivity index (χ1) is 14.4. The number of esters is 1. The number of rotatable bonds is 5. The zero-order valence-corrected chi connectivity index (χ0v) is 17.5. The maximum absolute atomic E-state index is 14.0. The van der Waals surface area contributed by atoms with Gasteiger partial charge >= 0.3 is 5.97 Å². The second kappa shape index (κ2) is 8.27. The number of fused-ring (bicyclic) bond motifs is 1. The van der Waals surface area contributed by atoms with Gasteiger partial charge < -0.3 is 9.84 Å². The quantitative estimate of drug-likeness (QED) is 0.618. The smallest absolute Gasteiger partial charge is 0.308 e. The maximum Gasteiger partial charge on any atom is 0.308 e. The molecule has 0 radical (unpaired) electrons. The summed E-state index contributed by atoms with van der Waals surface area (Å²) in [6.07, 6.45) is 1.79. The molecule has 3 aromatic rings. The van der Waals surface area contributed by atoms with Crippen molar-refractivity contribution in [3.8, 4) is 5.88 Å². The van der Waals surface area contributed by atoms with Gasteiger partial charge in [0.25, 0.3) is 0 Å². The predicted molar refractivity (Wildman–Crippen MR) is 106 cm³/mol. The van der Waals surface area contributed by atoms with E-state index in [1.807, 2.05) is 6.92 Å². The van der Waals surface area contributed by atoms with Gasteiger partial charge in [0.15, 0.2) is 17.5 Å². The van der Waals surface area contributed by atoms with E-state index in [9.17, 15) is 18.7 Å². The molecule has 0 unspecified atom stereocenters. The van der Waals surface area contributed by atoms with E-state index in [0.29, 0.717) is 53.6 Å². The van der Waals surface area contributed by atoms with E-state index >= 15 is 0 Å². The summed E-state index contributed by atoms with van der Waals surface area (Å²) in [6.45, 7) is 3.00. The number of benzene rings is 1. The number of aromatic nitrogens is 3. The molecule has 7 nitrogen and oxygen atoms in total. The average molecular weight is 436 g/mol. The van der Waals surface area contributed by atoms with Gasteiger partial charge in [0.1, 0.15) is 0 Å². The van der Waals surface area contributed by atoms with Gasteiger partial charge in [-0.05, 0) is 43.6 Å². The summed E-state index contributed by atoms with van der Waals surface area (Å²) in [4.78, 5) is 19.4. The number of aryl methyl sites for hydroxylation is 1. The third-order valence-corrected chi connectivity index (χ3v) is 6.57. The summed E-state index contributed by atoms with van der Waals surface area (Å²) < 4.78 is 33.8. The fourth-order valence-corrected chi connectivity index (χ4v) is 5.03. The fraction of sp³-hybridized carbons (Fsp3) is 0.450. The van der Waals surface area contributed by atoms with Gasteiger partial charge in [-0.1, -0.05) is 24.3 Å². The van der Waals surface area contributed by atoms with Gasteiger partial charge in [0.2, 0.25) is 10.8 Å². The maximum atomic E-state index is 14.0. The van der Waals surface area contributed by atoms with Gasteiger partial charge in [-0.2, -0.15) is 4.52 Å². The van der Waals surface area contributed by atoms with Gasteiger partial charge in [0, 0.05) is 6.42 Å². The van der Waals surface area contributed by atoms with Crippen LogP contribution in [0.3, 0.4) is 0 Å². The predicted octanol–water partition coefficient (Wildman–Crippen LogP) is 3.31. The highest BCUT2D eigenvalue weighted by atomic mass is 32.1. The number of carbonyl (C=O) groups excluding carboxylic acids is 1. The summed E-state index contributed by atoms with van der Waals surface area (Å²) in [5.41, 5.74) is 0.515. The van der Waals surface area contributed by atoms with Crippen LogP contribution >= 0.6 is 11.3 Å². The van der Waals surface area contributed by atoms with Crippen molar-refractivity contribution in [1.82, 2.24) is 19.5 Å². The molecule has 1 N–H and O–H groups in total. The second-order valence-electron chi connectivity index (χ2n) is 7.28. The Morgan fingerprint density at radius 3 is 2.67 bits per heavy atom. The zero-order valence-electron chi connectivity index (χ0n) is 16.6. The van der Waals surface area contributed by atoms with Crippen LogP contribution in [0.4, 0.5) is 8.78 Å². The number of nitrogens with zero attached hydrogens (tertiary/aromatic N) is 4. The molecule has 0 spiro atoms. The molecule has 0 bridgehead atoms. The minimum absolute atomic E-state index is 0.0629. The van der Waals surface area contributed by atoms with Gasteiger partial charge in [-0.25, -0.2) is 13.8 Å². The molecule has 1 aromatic carbocycles. The number of aromatic hydroxyl groups is 1. The number of carbonyl (C=O) groups is 1. The Balaban J connectivity index is 1.73. The Morgan fingerprint density at radius 2 is 2.07 bits per heavy atom. The van der Waals surface area contributed by atoms with E-state index in [4.69, 9.17) is 4.74 Å². The fourth-order valence-electron chi connectivity index (χ4n) is 3.89. The molecule has 0 aliphatic carbocycles. The second-order valence-corrected chi connectivity index (χ2v) is 8.28. The van der Waals surface area contributed by atoms with Crippen LogP contribution < -0.4 is 0 Å². The highest BCUT2D eigenvalue weighted by molar-refractivity contribution is 7.17. The van der Waals surface area contributed by atoms with Crippen molar-refractivity contribution in [1.29, 1.82) is 0 Å². The van der Waals surface area contributed by atoms with Crippen LogP contribution in [0.25, 0.3) is 4.96 Å². The molecule has 10 heteroatoms. The van der Waals surface area contributed by atoms with Crippen molar-refractivity contribution < 1.29 is 23.4 Å². The first-order valence-electron chi connectivity index (χ1n) is 9.77. The SMILES string of the molecule is CCc1nc2sc([C@@H](c3ccc(F)c(F)c3)N3CCC(C(=O)OC)CC3)c(O)n2n1. The molecule has 4 rings (SSSR count). The summed E-state index contributed by atoms with van der Waals surface area (Å²) in [5.74, 6) is -1.76. The minimum atomic E-state index is -0.950. The summed E-state index contributed by atoms with van der Waals surface area (Å²) in [7, 11) is 1.37. The third-order valence-electron chi connectivity index (χ3n) is 5.50. The molecule has 1 saturated heterocycles. The van der Waals surface area contributed by atoms with E-state index in [-0.39, 0.29) is 17.8 Å². The first kappa shape index (κ1) is 20.7. The number of likely N-dealkylation sites (tertiary alicyclic amines) is 1. The van der Waals surface area contributed by atoms with Gasteiger partial charge in [-0.15, -0.1) is 5.10 Å². The van der Waals surface area contributed by atoms with Crippen LogP contribution in [0.15, 0.2) is 18.2 Å². The molecule has 160 valence electrons. The third kappa shape index (κ3) is 3.65. The summed E-state index contributed by atoms with van der Waals surface area (Å²) in [5, 5.41) is 15.2. The average Bonchev–Trinajstić information content (AvgIpc) is 3.30. The van der Waals surface area contributed by atoms with Crippen LogP contribution in [-0.2, 0) is 16.0 Å². The van der Waals surface area contributed by atoms with Gasteiger partial charge in [-0.3, -0.25) is 9.69 Å². The van der Waals surface area contributed by atoms with E-state index in [0.717, 1.165) is 12.1 Å². The number of ether oxygens (including phenoxy) is 1. The van der Waals surface area contributed by atoms with E-state index < -0.39 is 17.7 Å².